The first-order chi connectivity index (χ1) is 12.0. The van der Waals surface area contributed by atoms with Crippen molar-refractivity contribution in [3.05, 3.63) is 64.7 Å². The largest absolute Gasteiger partial charge is 0.481 e. The Morgan fingerprint density at radius 2 is 2.08 bits per heavy atom. The van der Waals surface area contributed by atoms with Crippen LogP contribution in [0, 0.1) is 11.3 Å². The van der Waals surface area contributed by atoms with E-state index in [0.29, 0.717) is 25.2 Å². The van der Waals surface area contributed by atoms with Crippen LogP contribution in [-0.4, -0.2) is 36.6 Å². The van der Waals surface area contributed by atoms with E-state index in [2.05, 4.69) is 11.0 Å². The molecule has 25 heavy (non-hydrogen) atoms. The lowest BCUT2D eigenvalue weighted by Gasteiger charge is -2.33. The van der Waals surface area contributed by atoms with Gasteiger partial charge in [0.2, 0.25) is 0 Å². The number of carboxylic acid groups (broad SMARTS) is 1. The molecule has 2 aromatic carbocycles. The molecular weight excluding hydrogens is 314 g/mol. The van der Waals surface area contributed by atoms with Crippen molar-refractivity contribution in [1.29, 1.82) is 5.26 Å². The molecular formula is C20H21N3O2. The maximum absolute atomic E-state index is 11.7. The zero-order valence-corrected chi connectivity index (χ0v) is 14.4. The van der Waals surface area contributed by atoms with Gasteiger partial charge in [0.25, 0.3) is 0 Å². The second-order valence-electron chi connectivity index (χ2n) is 6.61. The van der Waals surface area contributed by atoms with Crippen molar-refractivity contribution in [2.24, 2.45) is 0 Å². The molecule has 1 unspecified atom stereocenters. The van der Waals surface area contributed by atoms with Gasteiger partial charge in [-0.3, -0.25) is 9.69 Å². The van der Waals surface area contributed by atoms with Gasteiger partial charge >= 0.3 is 5.97 Å². The minimum atomic E-state index is -0.796. The molecule has 5 heteroatoms. The van der Waals surface area contributed by atoms with E-state index in [1.54, 1.807) is 0 Å². The van der Waals surface area contributed by atoms with Gasteiger partial charge in [0, 0.05) is 39.4 Å². The monoisotopic (exact) mass is 335 g/mol. The summed E-state index contributed by atoms with van der Waals surface area (Å²) in [6.07, 6.45) is 0. The summed E-state index contributed by atoms with van der Waals surface area (Å²) in [5, 5.41) is 18.8. The second-order valence-corrected chi connectivity index (χ2v) is 6.61. The molecule has 128 valence electrons. The van der Waals surface area contributed by atoms with Gasteiger partial charge in [-0.2, -0.15) is 5.26 Å². The van der Waals surface area contributed by atoms with E-state index in [9.17, 15) is 15.2 Å². The van der Waals surface area contributed by atoms with Gasteiger partial charge in [-0.25, -0.2) is 0 Å². The summed E-state index contributed by atoms with van der Waals surface area (Å²) in [5.41, 5.74) is 4.67. The van der Waals surface area contributed by atoms with Gasteiger partial charge in [-0.05, 0) is 34.9 Å². The van der Waals surface area contributed by atoms with Crippen LogP contribution in [0.2, 0.25) is 0 Å². The summed E-state index contributed by atoms with van der Waals surface area (Å²) < 4.78 is 0. The second kappa shape index (κ2) is 6.96. The quantitative estimate of drug-likeness (QED) is 0.930. The van der Waals surface area contributed by atoms with Gasteiger partial charge in [0.1, 0.15) is 0 Å². The minimum Gasteiger partial charge on any atom is -0.481 e. The number of carboxylic acids is 1. The molecule has 5 nitrogen and oxygen atoms in total. The molecule has 0 radical (unpaired) electrons. The molecule has 0 fully saturated rings. The molecule has 1 heterocycles. The number of aliphatic carboxylic acids is 1. The summed E-state index contributed by atoms with van der Waals surface area (Å²) >= 11 is 0. The fourth-order valence-corrected chi connectivity index (χ4v) is 3.47. The van der Waals surface area contributed by atoms with Crippen LogP contribution in [0.25, 0.3) is 0 Å². The number of anilines is 1. The lowest BCUT2D eigenvalue weighted by Crippen LogP contribution is -2.36. The Balaban J connectivity index is 1.92. The molecule has 0 aliphatic carbocycles. The van der Waals surface area contributed by atoms with Gasteiger partial charge < -0.3 is 10.0 Å². The molecule has 0 saturated carbocycles. The number of nitrogens with zero attached hydrogens (tertiary/aromatic N) is 3. The van der Waals surface area contributed by atoms with Crippen molar-refractivity contribution in [1.82, 2.24) is 4.90 Å². The van der Waals surface area contributed by atoms with Crippen LogP contribution in [0.15, 0.2) is 42.5 Å². The van der Waals surface area contributed by atoms with Crippen LogP contribution in [0.5, 0.6) is 0 Å². The standard InChI is InChI=1S/C20H21N3O2/c1-22(2)19-8-7-14(10-21)9-16(19)12-23-11-15-5-3-4-6-17(15)18(13-23)20(24)25/h3-9,18H,11-13H2,1-2H3,(H,24,25). The zero-order valence-electron chi connectivity index (χ0n) is 14.4. The molecule has 0 bridgehead atoms. The Hall–Kier alpha value is -2.84. The average Bonchev–Trinajstić information content (AvgIpc) is 2.60. The number of hydrogen-bond acceptors (Lipinski definition) is 4. The predicted molar refractivity (Wildman–Crippen MR) is 96.4 cm³/mol. The Morgan fingerprint density at radius 1 is 1.32 bits per heavy atom. The molecule has 0 spiro atoms. The van der Waals surface area contributed by atoms with Crippen molar-refractivity contribution in [2.45, 2.75) is 19.0 Å². The minimum absolute atomic E-state index is 0.468. The Labute approximate surface area is 147 Å². The Kier molecular flexibility index (Phi) is 4.73. The molecule has 1 N–H and O–H groups in total. The predicted octanol–water partition coefficient (Wildman–Crippen LogP) is 2.81. The van der Waals surface area contributed by atoms with Gasteiger partial charge in [0.15, 0.2) is 0 Å². The summed E-state index contributed by atoms with van der Waals surface area (Å²) in [5.74, 6) is -1.32. The molecule has 2 aromatic rings. The molecule has 0 aromatic heterocycles. The van der Waals surface area contributed by atoms with Crippen LogP contribution in [0.4, 0.5) is 5.69 Å². The van der Waals surface area contributed by atoms with Crippen LogP contribution in [0.1, 0.15) is 28.2 Å². The van der Waals surface area contributed by atoms with Gasteiger partial charge in [-0.15, -0.1) is 0 Å². The SMILES string of the molecule is CN(C)c1ccc(C#N)cc1CN1Cc2ccccc2C(C(=O)O)C1. The number of benzene rings is 2. The topological polar surface area (TPSA) is 67.6 Å². The molecule has 0 amide bonds. The van der Waals surface area contributed by atoms with E-state index in [1.807, 2.05) is 61.5 Å². The van der Waals surface area contributed by atoms with Crippen molar-refractivity contribution in [3.8, 4) is 6.07 Å². The van der Waals surface area contributed by atoms with E-state index in [1.165, 1.54) is 0 Å². The normalized spacial score (nSPS) is 16.8. The van der Waals surface area contributed by atoms with Crippen molar-refractivity contribution >= 4 is 11.7 Å². The average molecular weight is 335 g/mol. The highest BCUT2D eigenvalue weighted by molar-refractivity contribution is 5.77. The fourth-order valence-electron chi connectivity index (χ4n) is 3.47. The highest BCUT2D eigenvalue weighted by atomic mass is 16.4. The number of fused-ring (bicyclic) bond motifs is 1. The number of rotatable bonds is 4. The first kappa shape index (κ1) is 17.0. The lowest BCUT2D eigenvalue weighted by atomic mass is 9.89. The Bertz CT molecular complexity index is 839. The maximum Gasteiger partial charge on any atom is 0.312 e. The van der Waals surface area contributed by atoms with Gasteiger partial charge in [0.05, 0.1) is 17.6 Å². The number of hydrogen-bond donors (Lipinski definition) is 1. The first-order valence-electron chi connectivity index (χ1n) is 8.23. The van der Waals surface area contributed by atoms with E-state index in [-0.39, 0.29) is 0 Å². The molecule has 1 atom stereocenters. The molecule has 1 aliphatic rings. The molecule has 0 saturated heterocycles. The first-order valence-corrected chi connectivity index (χ1v) is 8.23. The molecule has 1 aliphatic heterocycles. The van der Waals surface area contributed by atoms with Crippen LogP contribution in [0.3, 0.4) is 0 Å². The Morgan fingerprint density at radius 3 is 2.76 bits per heavy atom. The van der Waals surface area contributed by atoms with E-state index in [0.717, 1.165) is 22.4 Å². The third kappa shape index (κ3) is 3.49. The molecule has 3 rings (SSSR count). The van der Waals surface area contributed by atoms with Crippen molar-refractivity contribution in [2.75, 3.05) is 25.5 Å². The van der Waals surface area contributed by atoms with E-state index in [4.69, 9.17) is 0 Å². The van der Waals surface area contributed by atoms with E-state index >= 15 is 0 Å². The zero-order chi connectivity index (χ0) is 18.0. The summed E-state index contributed by atoms with van der Waals surface area (Å²) in [7, 11) is 3.94. The smallest absolute Gasteiger partial charge is 0.312 e. The third-order valence-electron chi connectivity index (χ3n) is 4.65. The number of carbonyl (C=O) groups is 1. The lowest BCUT2D eigenvalue weighted by molar-refractivity contribution is -0.139. The van der Waals surface area contributed by atoms with Crippen molar-refractivity contribution < 1.29 is 9.90 Å². The summed E-state index contributed by atoms with van der Waals surface area (Å²) in [6, 6.07) is 15.6. The summed E-state index contributed by atoms with van der Waals surface area (Å²) in [4.78, 5) is 15.9. The maximum atomic E-state index is 11.7. The van der Waals surface area contributed by atoms with Crippen LogP contribution < -0.4 is 4.90 Å². The summed E-state index contributed by atoms with van der Waals surface area (Å²) in [6.45, 7) is 1.79. The van der Waals surface area contributed by atoms with Crippen molar-refractivity contribution in [3.63, 3.8) is 0 Å². The van der Waals surface area contributed by atoms with Crippen LogP contribution >= 0.6 is 0 Å². The highest BCUT2D eigenvalue weighted by Crippen LogP contribution is 2.31. The third-order valence-corrected chi connectivity index (χ3v) is 4.65. The van der Waals surface area contributed by atoms with Crippen LogP contribution in [-0.2, 0) is 17.9 Å². The van der Waals surface area contributed by atoms with Gasteiger partial charge in [-0.1, -0.05) is 24.3 Å². The number of nitriles is 1. The fraction of sp³-hybridized carbons (Fsp3) is 0.300. The van der Waals surface area contributed by atoms with E-state index < -0.39 is 11.9 Å². The highest BCUT2D eigenvalue weighted by Gasteiger charge is 2.30.